The number of amides is 1. The summed E-state index contributed by atoms with van der Waals surface area (Å²) in [5.74, 6) is 0.274. The maximum Gasteiger partial charge on any atom is 0.255 e. The third-order valence-corrected chi connectivity index (χ3v) is 5.26. The molecule has 1 amide bonds. The summed E-state index contributed by atoms with van der Waals surface area (Å²) in [5, 5.41) is 2.76. The van der Waals surface area contributed by atoms with E-state index in [1.807, 2.05) is 19.1 Å². The van der Waals surface area contributed by atoms with Gasteiger partial charge in [0.05, 0.1) is 4.90 Å². The van der Waals surface area contributed by atoms with E-state index in [9.17, 15) is 13.2 Å². The predicted octanol–water partition coefficient (Wildman–Crippen LogP) is 4.05. The summed E-state index contributed by atoms with van der Waals surface area (Å²) in [5.41, 5.74) is 2.54. The van der Waals surface area contributed by atoms with Crippen LogP contribution in [0.15, 0.2) is 59.5 Å². The number of aryl methyl sites for hydroxylation is 3. The van der Waals surface area contributed by atoms with Gasteiger partial charge in [-0.25, -0.2) is 8.42 Å². The van der Waals surface area contributed by atoms with Gasteiger partial charge in [-0.2, -0.15) is 0 Å². The Hall–Kier alpha value is -3.26. The van der Waals surface area contributed by atoms with Crippen LogP contribution in [-0.2, 0) is 10.0 Å². The molecule has 1 aromatic heterocycles. The van der Waals surface area contributed by atoms with Crippen molar-refractivity contribution in [1.82, 2.24) is 9.97 Å². The van der Waals surface area contributed by atoms with Gasteiger partial charge < -0.3 is 15.0 Å². The van der Waals surface area contributed by atoms with Crippen LogP contribution < -0.4 is 5.32 Å². The number of benzene rings is 2. The molecular formula is C20H19N4O3S-. The fourth-order valence-electron chi connectivity index (χ4n) is 2.66. The molecule has 0 aliphatic heterocycles. The molecular weight excluding hydrogens is 376 g/mol. The van der Waals surface area contributed by atoms with Crippen LogP contribution in [0.1, 0.15) is 27.4 Å². The molecule has 0 saturated heterocycles. The van der Waals surface area contributed by atoms with E-state index in [0.717, 1.165) is 5.56 Å². The van der Waals surface area contributed by atoms with Gasteiger partial charge in [-0.05, 0) is 68.6 Å². The van der Waals surface area contributed by atoms with Gasteiger partial charge in [0.2, 0.25) is 10.0 Å². The smallest absolute Gasteiger partial charge is 0.255 e. The van der Waals surface area contributed by atoms with Crippen molar-refractivity contribution in [2.24, 2.45) is 0 Å². The number of aromatic nitrogens is 2. The number of anilines is 1. The molecule has 2 aromatic carbocycles. The average Bonchev–Trinajstić information content (AvgIpc) is 2.61. The first-order valence-corrected chi connectivity index (χ1v) is 9.96. The second-order valence-corrected chi connectivity index (χ2v) is 7.88. The third kappa shape index (κ3) is 4.52. The molecule has 8 heteroatoms. The number of carbonyl (C=O) groups is 1. The summed E-state index contributed by atoms with van der Waals surface area (Å²) in [6, 6.07) is 14.6. The molecule has 0 atom stereocenters. The first-order valence-electron chi connectivity index (χ1n) is 8.52. The molecule has 3 rings (SSSR count). The Bertz CT molecular complexity index is 1110. The minimum absolute atomic E-state index is 0.00955. The van der Waals surface area contributed by atoms with Crippen LogP contribution in [0.2, 0.25) is 0 Å². The highest BCUT2D eigenvalue weighted by atomic mass is 32.2. The van der Waals surface area contributed by atoms with E-state index in [4.69, 9.17) is 0 Å². The zero-order valence-electron chi connectivity index (χ0n) is 15.7. The quantitative estimate of drug-likeness (QED) is 0.702. The predicted molar refractivity (Wildman–Crippen MR) is 107 cm³/mol. The fraction of sp³-hybridized carbons (Fsp3) is 0.150. The normalized spacial score (nSPS) is 11.1. The summed E-state index contributed by atoms with van der Waals surface area (Å²) in [7, 11) is -3.93. The molecule has 1 heterocycles. The van der Waals surface area contributed by atoms with Crippen LogP contribution in [0, 0.1) is 20.8 Å². The summed E-state index contributed by atoms with van der Waals surface area (Å²) in [6.07, 6.45) is 0. The van der Waals surface area contributed by atoms with Gasteiger partial charge in [-0.1, -0.05) is 18.2 Å². The Morgan fingerprint density at radius 1 is 0.964 bits per heavy atom. The largest absolute Gasteiger partial charge is 0.423 e. The van der Waals surface area contributed by atoms with E-state index >= 15 is 0 Å². The van der Waals surface area contributed by atoms with Crippen LogP contribution in [0.4, 0.5) is 11.5 Å². The van der Waals surface area contributed by atoms with Crippen LogP contribution in [-0.4, -0.2) is 24.3 Å². The van der Waals surface area contributed by atoms with Crippen molar-refractivity contribution < 1.29 is 13.2 Å². The molecule has 0 radical (unpaired) electrons. The van der Waals surface area contributed by atoms with Gasteiger partial charge in [-0.3, -0.25) is 9.78 Å². The number of nitrogens with one attached hydrogen (secondary N) is 1. The lowest BCUT2D eigenvalue weighted by Crippen LogP contribution is -2.13. The summed E-state index contributed by atoms with van der Waals surface area (Å²) in [6.45, 7) is 5.26. The Morgan fingerprint density at radius 3 is 2.29 bits per heavy atom. The minimum atomic E-state index is -3.93. The first kappa shape index (κ1) is 19.5. The van der Waals surface area contributed by atoms with Crippen LogP contribution in [0.5, 0.6) is 0 Å². The molecule has 0 bridgehead atoms. The Morgan fingerprint density at radius 2 is 1.64 bits per heavy atom. The molecule has 0 spiro atoms. The number of hydrogen-bond acceptors (Lipinski definition) is 5. The number of nitrogens with zero attached hydrogens (tertiary/aromatic N) is 3. The SMILES string of the molecule is Cc1cc([N-]S(=O)(=O)c2ccc(NC(=O)c3ccccc3C)cc2)nc(C)n1. The molecule has 3 aromatic rings. The number of sulfonamides is 1. The summed E-state index contributed by atoms with van der Waals surface area (Å²) < 4.78 is 28.8. The molecule has 0 aliphatic rings. The molecule has 28 heavy (non-hydrogen) atoms. The average molecular weight is 395 g/mol. The Balaban J connectivity index is 1.76. The van der Waals surface area contributed by atoms with E-state index < -0.39 is 10.0 Å². The van der Waals surface area contributed by atoms with E-state index in [-0.39, 0.29) is 16.6 Å². The van der Waals surface area contributed by atoms with Gasteiger partial charge in [0.15, 0.2) is 0 Å². The minimum Gasteiger partial charge on any atom is -0.423 e. The number of carbonyl (C=O) groups excluding carboxylic acids is 1. The Labute approximate surface area is 163 Å². The second-order valence-electron chi connectivity index (χ2n) is 6.27. The van der Waals surface area contributed by atoms with Crippen LogP contribution in [0.25, 0.3) is 4.72 Å². The highest BCUT2D eigenvalue weighted by Gasteiger charge is 2.12. The highest BCUT2D eigenvalue weighted by Crippen LogP contribution is 2.27. The van der Waals surface area contributed by atoms with Crippen LogP contribution in [0.3, 0.4) is 0 Å². The lowest BCUT2D eigenvalue weighted by molar-refractivity contribution is 0.102. The molecule has 1 N–H and O–H groups in total. The van der Waals surface area contributed by atoms with E-state index in [1.54, 1.807) is 26.0 Å². The lowest BCUT2D eigenvalue weighted by atomic mass is 10.1. The topological polar surface area (TPSA) is 103 Å². The monoisotopic (exact) mass is 395 g/mol. The molecule has 7 nitrogen and oxygen atoms in total. The lowest BCUT2D eigenvalue weighted by Gasteiger charge is -2.17. The van der Waals surface area contributed by atoms with Gasteiger partial charge in [-0.15, -0.1) is 0 Å². The summed E-state index contributed by atoms with van der Waals surface area (Å²) >= 11 is 0. The second kappa shape index (κ2) is 7.77. The van der Waals surface area contributed by atoms with E-state index in [0.29, 0.717) is 22.8 Å². The van der Waals surface area contributed by atoms with Gasteiger partial charge in [0, 0.05) is 22.8 Å². The molecule has 0 fully saturated rings. The first-order chi connectivity index (χ1) is 13.2. The fourth-order valence-corrected chi connectivity index (χ4v) is 3.58. The number of hydrogen-bond donors (Lipinski definition) is 1. The van der Waals surface area contributed by atoms with Gasteiger partial charge in [0.1, 0.15) is 0 Å². The van der Waals surface area contributed by atoms with Crippen molar-refractivity contribution in [3.63, 3.8) is 0 Å². The highest BCUT2D eigenvalue weighted by molar-refractivity contribution is 7.94. The Kier molecular flexibility index (Phi) is 5.41. The molecule has 144 valence electrons. The van der Waals surface area contributed by atoms with Gasteiger partial charge >= 0.3 is 0 Å². The maximum absolute atomic E-state index is 12.5. The van der Waals surface area contributed by atoms with Crippen molar-refractivity contribution in [3.05, 3.63) is 82.0 Å². The third-order valence-electron chi connectivity index (χ3n) is 3.97. The van der Waals surface area contributed by atoms with Crippen molar-refractivity contribution in [1.29, 1.82) is 0 Å². The number of rotatable bonds is 5. The zero-order valence-corrected chi connectivity index (χ0v) is 16.5. The molecule has 0 aliphatic carbocycles. The van der Waals surface area contributed by atoms with Crippen molar-refractivity contribution in [2.75, 3.05) is 5.32 Å². The van der Waals surface area contributed by atoms with Crippen molar-refractivity contribution >= 4 is 27.4 Å². The van der Waals surface area contributed by atoms with E-state index in [1.165, 1.54) is 30.3 Å². The van der Waals surface area contributed by atoms with Crippen molar-refractivity contribution in [3.8, 4) is 0 Å². The van der Waals surface area contributed by atoms with E-state index in [2.05, 4.69) is 20.0 Å². The van der Waals surface area contributed by atoms with Crippen molar-refractivity contribution in [2.45, 2.75) is 25.7 Å². The maximum atomic E-state index is 12.5. The summed E-state index contributed by atoms with van der Waals surface area (Å²) in [4.78, 5) is 20.5. The standard InChI is InChI=1S/C20H20N4O3S/c1-13-6-4-5-7-18(13)20(25)23-16-8-10-17(11-9-16)28(26,27)24-19-12-14(2)21-15(3)22-19/h4-12H,1-3H3,(H2,21,22,23,24,25)/p-1. The van der Waals surface area contributed by atoms with Crippen LogP contribution >= 0.6 is 0 Å². The molecule has 0 unspecified atom stereocenters. The zero-order chi connectivity index (χ0) is 20.3. The molecule has 0 saturated carbocycles. The van der Waals surface area contributed by atoms with Gasteiger partial charge in [0.25, 0.3) is 5.91 Å².